The minimum atomic E-state index is -0.326. The molecule has 0 radical (unpaired) electrons. The Bertz CT molecular complexity index is 377. The summed E-state index contributed by atoms with van der Waals surface area (Å²) in [6.07, 6.45) is 3.77. The molecule has 0 bridgehead atoms. The molecule has 0 aromatic heterocycles. The molecule has 0 aliphatic heterocycles. The fourth-order valence-electron chi connectivity index (χ4n) is 2.19. The zero-order chi connectivity index (χ0) is 13.8. The minimum absolute atomic E-state index is 0.148. The van der Waals surface area contributed by atoms with Gasteiger partial charge in [-0.2, -0.15) is 0 Å². The Morgan fingerprint density at radius 3 is 2.22 bits per heavy atom. The first kappa shape index (κ1) is 15.2. The van der Waals surface area contributed by atoms with Gasteiger partial charge in [0, 0.05) is 5.54 Å². The maximum absolute atomic E-state index is 13.6. The largest absolute Gasteiger partial charge is 0.325 e. The molecule has 0 aliphatic rings. The lowest BCUT2D eigenvalue weighted by Crippen LogP contribution is -2.39. The van der Waals surface area contributed by atoms with E-state index in [1.54, 1.807) is 6.07 Å². The van der Waals surface area contributed by atoms with Crippen molar-refractivity contribution >= 4 is 0 Å². The second-order valence-corrected chi connectivity index (χ2v) is 6.84. The Kier molecular flexibility index (Phi) is 4.92. The van der Waals surface area contributed by atoms with Crippen molar-refractivity contribution in [3.63, 3.8) is 0 Å². The number of hydrogen-bond donors (Lipinski definition) is 1. The van der Waals surface area contributed by atoms with E-state index in [1.807, 2.05) is 19.1 Å². The summed E-state index contributed by atoms with van der Waals surface area (Å²) < 4.78 is 13.6. The summed E-state index contributed by atoms with van der Waals surface area (Å²) in [6.45, 7) is 8.72. The molecule has 102 valence electrons. The molecule has 0 saturated heterocycles. The van der Waals surface area contributed by atoms with Gasteiger partial charge >= 0.3 is 0 Å². The van der Waals surface area contributed by atoms with Crippen LogP contribution in [0.5, 0.6) is 0 Å². The molecule has 0 spiro atoms. The van der Waals surface area contributed by atoms with Crippen LogP contribution in [0.15, 0.2) is 24.3 Å². The van der Waals surface area contributed by atoms with Crippen molar-refractivity contribution < 1.29 is 4.39 Å². The first-order valence-electron chi connectivity index (χ1n) is 6.72. The van der Waals surface area contributed by atoms with E-state index in [1.165, 1.54) is 6.07 Å². The standard InChI is InChI=1S/C16H26FN/c1-15(2,3)10-7-11-16(4,18)12-13-8-5-6-9-14(13)17/h5-6,8-9H,7,10-12,18H2,1-4H3. The van der Waals surface area contributed by atoms with Crippen LogP contribution in [0.25, 0.3) is 0 Å². The second kappa shape index (κ2) is 5.83. The van der Waals surface area contributed by atoms with Gasteiger partial charge in [-0.15, -0.1) is 0 Å². The Balaban J connectivity index is 2.52. The van der Waals surface area contributed by atoms with Crippen molar-refractivity contribution in [1.82, 2.24) is 0 Å². The maximum atomic E-state index is 13.6. The molecule has 1 nitrogen and oxygen atoms in total. The van der Waals surface area contributed by atoms with E-state index in [9.17, 15) is 4.39 Å². The Morgan fingerprint density at radius 1 is 1.06 bits per heavy atom. The molecule has 0 amide bonds. The van der Waals surface area contributed by atoms with Crippen molar-refractivity contribution in [3.8, 4) is 0 Å². The summed E-state index contributed by atoms with van der Waals surface area (Å²) in [5.74, 6) is -0.148. The van der Waals surface area contributed by atoms with Crippen molar-refractivity contribution in [3.05, 3.63) is 35.6 Å². The lowest BCUT2D eigenvalue weighted by Gasteiger charge is -2.27. The highest BCUT2D eigenvalue weighted by atomic mass is 19.1. The average Bonchev–Trinajstić information content (AvgIpc) is 2.18. The summed E-state index contributed by atoms with van der Waals surface area (Å²) in [4.78, 5) is 0. The maximum Gasteiger partial charge on any atom is 0.126 e. The molecule has 18 heavy (non-hydrogen) atoms. The van der Waals surface area contributed by atoms with E-state index < -0.39 is 0 Å². The van der Waals surface area contributed by atoms with Gasteiger partial charge < -0.3 is 5.73 Å². The van der Waals surface area contributed by atoms with Crippen LogP contribution in [0.4, 0.5) is 4.39 Å². The van der Waals surface area contributed by atoms with E-state index in [-0.39, 0.29) is 11.4 Å². The fourth-order valence-corrected chi connectivity index (χ4v) is 2.19. The molecule has 0 heterocycles. The summed E-state index contributed by atoms with van der Waals surface area (Å²) in [5.41, 5.74) is 7.02. The Hall–Kier alpha value is -0.890. The Labute approximate surface area is 111 Å². The predicted molar refractivity (Wildman–Crippen MR) is 76.0 cm³/mol. The van der Waals surface area contributed by atoms with Crippen LogP contribution in [0, 0.1) is 11.2 Å². The van der Waals surface area contributed by atoms with Crippen LogP contribution in [-0.2, 0) is 6.42 Å². The molecule has 1 atom stereocenters. The normalized spacial score (nSPS) is 15.4. The molecule has 2 heteroatoms. The minimum Gasteiger partial charge on any atom is -0.325 e. The van der Waals surface area contributed by atoms with E-state index in [4.69, 9.17) is 5.73 Å². The third-order valence-corrected chi connectivity index (χ3v) is 3.23. The predicted octanol–water partition coefficient (Wildman–Crippen LogP) is 4.30. The summed E-state index contributed by atoms with van der Waals surface area (Å²) >= 11 is 0. The highest BCUT2D eigenvalue weighted by Crippen LogP contribution is 2.25. The lowest BCUT2D eigenvalue weighted by molar-refractivity contribution is 0.323. The van der Waals surface area contributed by atoms with Gasteiger partial charge in [0.25, 0.3) is 0 Å². The quantitative estimate of drug-likeness (QED) is 0.829. The van der Waals surface area contributed by atoms with Crippen LogP contribution in [0.3, 0.4) is 0 Å². The van der Waals surface area contributed by atoms with Gasteiger partial charge in [0.05, 0.1) is 0 Å². The van der Waals surface area contributed by atoms with Crippen molar-refractivity contribution in [1.29, 1.82) is 0 Å². The first-order chi connectivity index (χ1) is 8.20. The summed E-state index contributed by atoms with van der Waals surface area (Å²) in [5, 5.41) is 0. The molecular formula is C16H26FN. The molecule has 1 aromatic rings. The average molecular weight is 251 g/mol. The third kappa shape index (κ3) is 5.63. The van der Waals surface area contributed by atoms with E-state index in [0.29, 0.717) is 11.8 Å². The molecule has 0 fully saturated rings. The van der Waals surface area contributed by atoms with Crippen LogP contribution in [0.1, 0.15) is 52.5 Å². The number of hydrogen-bond acceptors (Lipinski definition) is 1. The van der Waals surface area contributed by atoms with Crippen molar-refractivity contribution in [2.24, 2.45) is 11.1 Å². The number of halogens is 1. The van der Waals surface area contributed by atoms with Gasteiger partial charge in [-0.3, -0.25) is 0 Å². The fraction of sp³-hybridized carbons (Fsp3) is 0.625. The molecule has 1 aromatic carbocycles. The van der Waals surface area contributed by atoms with Crippen molar-refractivity contribution in [2.45, 2.75) is 58.9 Å². The topological polar surface area (TPSA) is 26.0 Å². The van der Waals surface area contributed by atoms with Crippen LogP contribution in [0.2, 0.25) is 0 Å². The molecule has 1 unspecified atom stereocenters. The van der Waals surface area contributed by atoms with E-state index in [0.717, 1.165) is 24.8 Å². The van der Waals surface area contributed by atoms with Gasteiger partial charge in [0.2, 0.25) is 0 Å². The van der Waals surface area contributed by atoms with Gasteiger partial charge in [-0.05, 0) is 43.2 Å². The SMILES string of the molecule is CC(C)(C)CCCC(C)(N)Cc1ccccc1F. The first-order valence-corrected chi connectivity index (χ1v) is 6.72. The monoisotopic (exact) mass is 251 g/mol. The van der Waals surface area contributed by atoms with Crippen molar-refractivity contribution in [2.75, 3.05) is 0 Å². The number of rotatable bonds is 5. The number of nitrogens with two attached hydrogens (primary N) is 1. The van der Waals surface area contributed by atoms with E-state index in [2.05, 4.69) is 20.8 Å². The van der Waals surface area contributed by atoms with Crippen LogP contribution >= 0.6 is 0 Å². The zero-order valence-corrected chi connectivity index (χ0v) is 12.1. The molecular weight excluding hydrogens is 225 g/mol. The van der Waals surface area contributed by atoms with Gasteiger partial charge in [-0.25, -0.2) is 4.39 Å². The molecule has 0 aliphatic carbocycles. The summed E-state index contributed by atoms with van der Waals surface area (Å²) in [7, 11) is 0. The van der Waals surface area contributed by atoms with Crippen LogP contribution in [-0.4, -0.2) is 5.54 Å². The molecule has 1 rings (SSSR count). The number of benzene rings is 1. The van der Waals surface area contributed by atoms with E-state index >= 15 is 0 Å². The third-order valence-electron chi connectivity index (χ3n) is 3.23. The van der Waals surface area contributed by atoms with Gasteiger partial charge in [0.15, 0.2) is 0 Å². The highest BCUT2D eigenvalue weighted by Gasteiger charge is 2.21. The van der Waals surface area contributed by atoms with Gasteiger partial charge in [-0.1, -0.05) is 45.4 Å². The smallest absolute Gasteiger partial charge is 0.126 e. The summed E-state index contributed by atoms with van der Waals surface area (Å²) in [6, 6.07) is 6.90. The highest BCUT2D eigenvalue weighted by molar-refractivity contribution is 5.19. The lowest BCUT2D eigenvalue weighted by atomic mass is 9.84. The van der Waals surface area contributed by atoms with Gasteiger partial charge in [0.1, 0.15) is 5.82 Å². The second-order valence-electron chi connectivity index (χ2n) is 6.84. The van der Waals surface area contributed by atoms with Crippen LogP contribution < -0.4 is 5.73 Å². The zero-order valence-electron chi connectivity index (χ0n) is 12.1. The molecule has 2 N–H and O–H groups in total. The Morgan fingerprint density at radius 2 is 1.67 bits per heavy atom. The molecule has 0 saturated carbocycles.